The SMILES string of the molecule is COc1ccc(C(=O)Oc2ccc(-c3ccccc3)cc2)cc1[N+](=O)[O-]. The number of hydrogen-bond donors (Lipinski definition) is 0. The van der Waals surface area contributed by atoms with E-state index in [-0.39, 0.29) is 17.0 Å². The van der Waals surface area contributed by atoms with E-state index in [4.69, 9.17) is 9.47 Å². The quantitative estimate of drug-likeness (QED) is 0.293. The number of nitro groups is 1. The molecule has 26 heavy (non-hydrogen) atoms. The highest BCUT2D eigenvalue weighted by molar-refractivity contribution is 5.92. The average Bonchev–Trinajstić information content (AvgIpc) is 2.68. The van der Waals surface area contributed by atoms with E-state index in [2.05, 4.69) is 0 Å². The van der Waals surface area contributed by atoms with E-state index in [1.54, 1.807) is 12.1 Å². The third kappa shape index (κ3) is 3.70. The molecule has 6 heteroatoms. The van der Waals surface area contributed by atoms with Gasteiger partial charge in [0.2, 0.25) is 0 Å². The molecule has 0 amide bonds. The minimum Gasteiger partial charge on any atom is -0.490 e. The lowest BCUT2D eigenvalue weighted by molar-refractivity contribution is -0.385. The fourth-order valence-corrected chi connectivity index (χ4v) is 2.47. The van der Waals surface area contributed by atoms with Crippen LogP contribution in [0.2, 0.25) is 0 Å². The van der Waals surface area contributed by atoms with Gasteiger partial charge in [-0.25, -0.2) is 4.79 Å². The van der Waals surface area contributed by atoms with Gasteiger partial charge in [0.05, 0.1) is 17.6 Å². The first kappa shape index (κ1) is 17.2. The molecule has 0 N–H and O–H groups in total. The lowest BCUT2D eigenvalue weighted by Gasteiger charge is -2.07. The number of benzene rings is 3. The number of nitrogens with zero attached hydrogens (tertiary/aromatic N) is 1. The van der Waals surface area contributed by atoms with Crippen molar-refractivity contribution in [2.75, 3.05) is 7.11 Å². The summed E-state index contributed by atoms with van der Waals surface area (Å²) in [4.78, 5) is 22.7. The summed E-state index contributed by atoms with van der Waals surface area (Å²) in [6.45, 7) is 0. The molecule has 0 radical (unpaired) electrons. The first-order valence-electron chi connectivity index (χ1n) is 7.78. The van der Waals surface area contributed by atoms with Crippen LogP contribution in [0.25, 0.3) is 11.1 Å². The summed E-state index contributed by atoms with van der Waals surface area (Å²) in [6, 6.07) is 20.8. The lowest BCUT2D eigenvalue weighted by atomic mass is 10.1. The summed E-state index contributed by atoms with van der Waals surface area (Å²) >= 11 is 0. The Balaban J connectivity index is 1.78. The van der Waals surface area contributed by atoms with Crippen molar-refractivity contribution < 1.29 is 19.2 Å². The lowest BCUT2D eigenvalue weighted by Crippen LogP contribution is -2.09. The maximum atomic E-state index is 12.3. The molecule has 0 unspecified atom stereocenters. The van der Waals surface area contributed by atoms with Gasteiger partial charge in [-0.2, -0.15) is 0 Å². The largest absolute Gasteiger partial charge is 0.490 e. The Bertz CT molecular complexity index is 936. The number of hydrogen-bond acceptors (Lipinski definition) is 5. The molecule has 3 aromatic rings. The van der Waals surface area contributed by atoms with Crippen LogP contribution >= 0.6 is 0 Å². The summed E-state index contributed by atoms with van der Waals surface area (Å²) < 4.78 is 10.2. The van der Waals surface area contributed by atoms with E-state index in [1.807, 2.05) is 42.5 Å². The Morgan fingerprint density at radius 1 is 0.923 bits per heavy atom. The summed E-state index contributed by atoms with van der Waals surface area (Å²) in [5.41, 5.74) is 1.83. The molecule has 130 valence electrons. The molecule has 0 spiro atoms. The molecular formula is C20H15NO5. The molecule has 0 bridgehead atoms. The van der Waals surface area contributed by atoms with Crippen LogP contribution in [0.5, 0.6) is 11.5 Å². The van der Waals surface area contributed by atoms with Crippen molar-refractivity contribution in [3.8, 4) is 22.6 Å². The zero-order valence-corrected chi connectivity index (χ0v) is 13.9. The van der Waals surface area contributed by atoms with Crippen molar-refractivity contribution in [3.63, 3.8) is 0 Å². The smallest absolute Gasteiger partial charge is 0.343 e. The highest BCUT2D eigenvalue weighted by Gasteiger charge is 2.19. The fraction of sp³-hybridized carbons (Fsp3) is 0.0500. The second-order valence-electron chi connectivity index (χ2n) is 5.42. The van der Waals surface area contributed by atoms with E-state index in [0.29, 0.717) is 5.75 Å². The molecule has 0 atom stereocenters. The van der Waals surface area contributed by atoms with Gasteiger partial charge in [0.25, 0.3) is 0 Å². The van der Waals surface area contributed by atoms with Gasteiger partial charge >= 0.3 is 11.7 Å². The molecule has 0 aliphatic rings. The fourth-order valence-electron chi connectivity index (χ4n) is 2.47. The number of ether oxygens (including phenoxy) is 2. The van der Waals surface area contributed by atoms with Crippen LogP contribution in [0.3, 0.4) is 0 Å². The summed E-state index contributed by atoms with van der Waals surface area (Å²) in [7, 11) is 1.33. The third-order valence-corrected chi connectivity index (χ3v) is 3.78. The molecule has 0 fully saturated rings. The van der Waals surface area contributed by atoms with Gasteiger partial charge in [0, 0.05) is 6.07 Å². The number of esters is 1. The van der Waals surface area contributed by atoms with E-state index in [1.165, 1.54) is 19.2 Å². The van der Waals surface area contributed by atoms with Gasteiger partial charge in [-0.1, -0.05) is 42.5 Å². The minimum atomic E-state index is -0.678. The van der Waals surface area contributed by atoms with Crippen LogP contribution in [-0.4, -0.2) is 18.0 Å². The maximum Gasteiger partial charge on any atom is 0.343 e. The molecule has 3 rings (SSSR count). The van der Waals surface area contributed by atoms with E-state index < -0.39 is 10.9 Å². The monoisotopic (exact) mass is 349 g/mol. The van der Waals surface area contributed by atoms with Crippen LogP contribution in [0, 0.1) is 10.1 Å². The van der Waals surface area contributed by atoms with Gasteiger partial charge in [0.15, 0.2) is 5.75 Å². The average molecular weight is 349 g/mol. The maximum absolute atomic E-state index is 12.3. The van der Waals surface area contributed by atoms with Crippen LogP contribution in [0.15, 0.2) is 72.8 Å². The number of methoxy groups -OCH3 is 1. The molecule has 0 saturated carbocycles. The first-order chi connectivity index (χ1) is 12.6. The van der Waals surface area contributed by atoms with Gasteiger partial charge < -0.3 is 9.47 Å². The Kier molecular flexibility index (Phi) is 4.94. The number of rotatable bonds is 5. The molecule has 3 aromatic carbocycles. The third-order valence-electron chi connectivity index (χ3n) is 3.78. The van der Waals surface area contributed by atoms with Gasteiger partial charge in [-0.15, -0.1) is 0 Å². The standard InChI is InChI=1S/C20H15NO5/c1-25-19-12-9-16(13-18(19)21(23)24)20(22)26-17-10-7-15(8-11-17)14-5-3-2-4-6-14/h2-13H,1H3. The first-order valence-corrected chi connectivity index (χ1v) is 7.78. The number of carbonyl (C=O) groups excluding carboxylic acids is 1. The molecule has 0 heterocycles. The Labute approximate surface area is 149 Å². The molecule has 0 saturated heterocycles. The predicted octanol–water partition coefficient (Wildman–Crippen LogP) is 4.49. The topological polar surface area (TPSA) is 78.7 Å². The van der Waals surface area contributed by atoms with Crippen molar-refractivity contribution >= 4 is 11.7 Å². The second kappa shape index (κ2) is 7.48. The van der Waals surface area contributed by atoms with Crippen LogP contribution in [0.1, 0.15) is 10.4 Å². The molecule has 6 nitrogen and oxygen atoms in total. The van der Waals surface area contributed by atoms with Crippen LogP contribution in [0.4, 0.5) is 5.69 Å². The van der Waals surface area contributed by atoms with Crippen molar-refractivity contribution in [2.24, 2.45) is 0 Å². The van der Waals surface area contributed by atoms with Crippen molar-refractivity contribution in [1.29, 1.82) is 0 Å². The zero-order chi connectivity index (χ0) is 18.5. The van der Waals surface area contributed by atoms with E-state index in [9.17, 15) is 14.9 Å². The normalized spacial score (nSPS) is 10.2. The van der Waals surface area contributed by atoms with E-state index in [0.717, 1.165) is 17.2 Å². The van der Waals surface area contributed by atoms with Crippen molar-refractivity contribution in [3.05, 3.63) is 88.5 Å². The van der Waals surface area contributed by atoms with Crippen LogP contribution in [-0.2, 0) is 0 Å². The zero-order valence-electron chi connectivity index (χ0n) is 13.9. The van der Waals surface area contributed by atoms with Crippen molar-refractivity contribution in [1.82, 2.24) is 0 Å². The molecule has 0 aromatic heterocycles. The summed E-state index contributed by atoms with van der Waals surface area (Å²) in [5.74, 6) is -0.241. The highest BCUT2D eigenvalue weighted by atomic mass is 16.6. The Hall–Kier alpha value is -3.67. The second-order valence-corrected chi connectivity index (χ2v) is 5.42. The van der Waals surface area contributed by atoms with Gasteiger partial charge in [-0.3, -0.25) is 10.1 Å². The Morgan fingerprint density at radius 3 is 2.19 bits per heavy atom. The number of carbonyl (C=O) groups is 1. The molecule has 0 aliphatic carbocycles. The van der Waals surface area contributed by atoms with Gasteiger partial charge in [-0.05, 0) is 35.4 Å². The molecule has 0 aliphatic heterocycles. The highest BCUT2D eigenvalue weighted by Crippen LogP contribution is 2.28. The summed E-state index contributed by atoms with van der Waals surface area (Å²) in [5, 5.41) is 11.1. The van der Waals surface area contributed by atoms with Crippen molar-refractivity contribution in [2.45, 2.75) is 0 Å². The molecular weight excluding hydrogens is 334 g/mol. The number of nitro benzene ring substituents is 1. The summed E-state index contributed by atoms with van der Waals surface area (Å²) in [6.07, 6.45) is 0. The van der Waals surface area contributed by atoms with Crippen LogP contribution < -0.4 is 9.47 Å². The van der Waals surface area contributed by atoms with E-state index >= 15 is 0 Å². The predicted molar refractivity (Wildman–Crippen MR) is 96.5 cm³/mol. The minimum absolute atomic E-state index is 0.0737. The van der Waals surface area contributed by atoms with Gasteiger partial charge in [0.1, 0.15) is 5.75 Å². The Morgan fingerprint density at radius 2 is 1.58 bits per heavy atom.